The molecule has 1 heterocycles. The van der Waals surface area contributed by atoms with E-state index in [-0.39, 0.29) is 5.91 Å². The molecular formula is C22H24N2O4S. The zero-order chi connectivity index (χ0) is 20.6. The first-order chi connectivity index (χ1) is 14.1. The molecule has 6 nitrogen and oxygen atoms in total. The predicted octanol–water partition coefficient (Wildman–Crippen LogP) is 4.02. The quantitative estimate of drug-likeness (QED) is 0.575. The first kappa shape index (κ1) is 20.7. The van der Waals surface area contributed by atoms with Crippen molar-refractivity contribution in [2.24, 2.45) is 0 Å². The van der Waals surface area contributed by atoms with E-state index in [0.717, 1.165) is 16.3 Å². The lowest BCUT2D eigenvalue weighted by Crippen LogP contribution is -2.25. The maximum Gasteiger partial charge on any atom is 0.251 e. The van der Waals surface area contributed by atoms with Gasteiger partial charge >= 0.3 is 0 Å². The summed E-state index contributed by atoms with van der Waals surface area (Å²) in [7, 11) is 3.21. The number of carbonyl (C=O) groups is 1. The van der Waals surface area contributed by atoms with E-state index in [2.05, 4.69) is 10.3 Å². The number of ether oxygens (including phenoxy) is 3. The number of aryl methyl sites for hydroxylation is 1. The molecule has 0 saturated heterocycles. The number of nitrogens with one attached hydrogen (secondary N) is 1. The van der Waals surface area contributed by atoms with E-state index in [0.29, 0.717) is 42.4 Å². The number of thiazole rings is 1. The van der Waals surface area contributed by atoms with Gasteiger partial charge in [-0.3, -0.25) is 4.79 Å². The molecule has 1 N–H and O–H groups in total. The van der Waals surface area contributed by atoms with Crippen molar-refractivity contribution in [2.45, 2.75) is 20.0 Å². The number of carbonyl (C=O) groups excluding carboxylic acids is 1. The van der Waals surface area contributed by atoms with E-state index in [9.17, 15) is 4.79 Å². The molecule has 3 rings (SSSR count). The maximum atomic E-state index is 12.3. The van der Waals surface area contributed by atoms with E-state index in [4.69, 9.17) is 14.2 Å². The van der Waals surface area contributed by atoms with Crippen LogP contribution in [0.2, 0.25) is 0 Å². The molecule has 0 bridgehead atoms. The summed E-state index contributed by atoms with van der Waals surface area (Å²) in [5, 5.41) is 5.86. The smallest absolute Gasteiger partial charge is 0.251 e. The molecule has 0 radical (unpaired) electrons. The number of hydrogen-bond donors (Lipinski definition) is 1. The molecule has 0 aliphatic rings. The molecule has 0 aliphatic heterocycles. The summed E-state index contributed by atoms with van der Waals surface area (Å²) >= 11 is 1.57. The minimum atomic E-state index is -0.118. The van der Waals surface area contributed by atoms with Crippen LogP contribution in [0.15, 0.2) is 47.8 Å². The van der Waals surface area contributed by atoms with Crippen molar-refractivity contribution in [1.29, 1.82) is 0 Å². The van der Waals surface area contributed by atoms with Crippen LogP contribution < -0.4 is 19.5 Å². The fourth-order valence-electron chi connectivity index (χ4n) is 2.78. The lowest BCUT2D eigenvalue weighted by molar-refractivity contribution is 0.0954. The van der Waals surface area contributed by atoms with Gasteiger partial charge in [-0.05, 0) is 55.3 Å². The molecular weight excluding hydrogens is 388 g/mol. The minimum Gasteiger partial charge on any atom is -0.493 e. The van der Waals surface area contributed by atoms with Crippen LogP contribution in [-0.4, -0.2) is 31.7 Å². The van der Waals surface area contributed by atoms with Crippen molar-refractivity contribution in [3.05, 3.63) is 69.7 Å². The third-order valence-electron chi connectivity index (χ3n) is 4.29. The second-order valence-corrected chi connectivity index (χ2v) is 7.33. The lowest BCUT2D eigenvalue weighted by atomic mass is 10.1. The summed E-state index contributed by atoms with van der Waals surface area (Å²) in [5.41, 5.74) is 2.65. The van der Waals surface area contributed by atoms with Gasteiger partial charge < -0.3 is 19.5 Å². The number of benzene rings is 2. The number of methoxy groups -OCH3 is 2. The standard InChI is InChI=1S/C22H24N2O4S/c1-15-14-29-21(24-15)13-28-18-7-5-17(6-8-18)22(25)23-11-10-16-4-9-19(26-2)20(12-16)27-3/h4-9,12,14H,10-11,13H2,1-3H3,(H,23,25). The Hall–Kier alpha value is -3.06. The van der Waals surface area contributed by atoms with Crippen molar-refractivity contribution in [1.82, 2.24) is 10.3 Å². The summed E-state index contributed by atoms with van der Waals surface area (Å²) in [6.07, 6.45) is 0.695. The Balaban J connectivity index is 1.48. The lowest BCUT2D eigenvalue weighted by Gasteiger charge is -2.10. The third kappa shape index (κ3) is 5.71. The highest BCUT2D eigenvalue weighted by molar-refractivity contribution is 7.09. The average Bonchev–Trinajstić information content (AvgIpc) is 3.17. The fraction of sp³-hybridized carbons (Fsp3) is 0.273. The second kappa shape index (κ2) is 9.93. The summed E-state index contributed by atoms with van der Waals surface area (Å²) < 4.78 is 16.3. The maximum absolute atomic E-state index is 12.3. The Kier molecular flexibility index (Phi) is 7.08. The van der Waals surface area contributed by atoms with Crippen LogP contribution >= 0.6 is 11.3 Å². The molecule has 0 aliphatic carbocycles. The molecule has 29 heavy (non-hydrogen) atoms. The van der Waals surface area contributed by atoms with E-state index in [1.54, 1.807) is 49.8 Å². The van der Waals surface area contributed by atoms with Crippen LogP contribution in [0.1, 0.15) is 26.6 Å². The molecule has 0 unspecified atom stereocenters. The number of aromatic nitrogens is 1. The molecule has 0 saturated carbocycles. The van der Waals surface area contributed by atoms with Gasteiger partial charge in [-0.15, -0.1) is 11.3 Å². The van der Waals surface area contributed by atoms with Crippen LogP contribution in [0, 0.1) is 6.92 Å². The first-order valence-corrected chi connectivity index (χ1v) is 10.1. The second-order valence-electron chi connectivity index (χ2n) is 6.39. The largest absolute Gasteiger partial charge is 0.493 e. The van der Waals surface area contributed by atoms with Crippen LogP contribution in [0.5, 0.6) is 17.2 Å². The molecule has 0 fully saturated rings. The van der Waals surface area contributed by atoms with Crippen molar-refractivity contribution in [2.75, 3.05) is 20.8 Å². The molecule has 1 amide bonds. The van der Waals surface area contributed by atoms with Crippen molar-refractivity contribution < 1.29 is 19.0 Å². The van der Waals surface area contributed by atoms with Crippen molar-refractivity contribution >= 4 is 17.2 Å². The predicted molar refractivity (Wildman–Crippen MR) is 113 cm³/mol. The van der Waals surface area contributed by atoms with Crippen molar-refractivity contribution in [3.63, 3.8) is 0 Å². The van der Waals surface area contributed by atoms with Gasteiger partial charge in [0.05, 0.1) is 14.2 Å². The fourth-order valence-corrected chi connectivity index (χ4v) is 3.46. The number of hydrogen-bond acceptors (Lipinski definition) is 6. The minimum absolute atomic E-state index is 0.118. The summed E-state index contributed by atoms with van der Waals surface area (Å²) in [6, 6.07) is 12.8. The van der Waals surface area contributed by atoms with Crippen LogP contribution in [-0.2, 0) is 13.0 Å². The van der Waals surface area contributed by atoms with Gasteiger partial charge in [-0.25, -0.2) is 4.98 Å². The zero-order valence-electron chi connectivity index (χ0n) is 16.7. The highest BCUT2D eigenvalue weighted by Crippen LogP contribution is 2.27. The third-order valence-corrected chi connectivity index (χ3v) is 5.23. The Morgan fingerprint density at radius 3 is 2.48 bits per heavy atom. The van der Waals surface area contributed by atoms with Crippen LogP contribution in [0.25, 0.3) is 0 Å². The monoisotopic (exact) mass is 412 g/mol. The van der Waals surface area contributed by atoms with Crippen LogP contribution in [0.3, 0.4) is 0 Å². The van der Waals surface area contributed by atoms with Crippen molar-refractivity contribution in [3.8, 4) is 17.2 Å². The number of rotatable bonds is 9. The van der Waals surface area contributed by atoms with Gasteiger partial charge in [-0.2, -0.15) is 0 Å². The van der Waals surface area contributed by atoms with E-state index in [1.807, 2.05) is 30.5 Å². The Bertz CT molecular complexity index is 954. The highest BCUT2D eigenvalue weighted by atomic mass is 32.1. The van der Waals surface area contributed by atoms with E-state index >= 15 is 0 Å². The SMILES string of the molecule is COc1ccc(CCNC(=O)c2ccc(OCc3nc(C)cs3)cc2)cc1OC. The summed E-state index contributed by atoms with van der Waals surface area (Å²) in [5.74, 6) is 1.96. The molecule has 7 heteroatoms. The topological polar surface area (TPSA) is 69.7 Å². The Morgan fingerprint density at radius 1 is 1.07 bits per heavy atom. The van der Waals surface area contributed by atoms with Gasteiger partial charge in [0.2, 0.25) is 0 Å². The molecule has 3 aromatic rings. The normalized spacial score (nSPS) is 10.4. The average molecular weight is 413 g/mol. The number of nitrogens with zero attached hydrogens (tertiary/aromatic N) is 1. The molecule has 152 valence electrons. The van der Waals surface area contributed by atoms with Crippen LogP contribution in [0.4, 0.5) is 0 Å². The Morgan fingerprint density at radius 2 is 1.83 bits per heavy atom. The van der Waals surface area contributed by atoms with Gasteiger partial charge in [0.1, 0.15) is 17.4 Å². The van der Waals surface area contributed by atoms with Gasteiger partial charge in [0.25, 0.3) is 5.91 Å². The summed E-state index contributed by atoms with van der Waals surface area (Å²) in [6.45, 7) is 2.91. The summed E-state index contributed by atoms with van der Waals surface area (Å²) in [4.78, 5) is 16.7. The van der Waals surface area contributed by atoms with E-state index < -0.39 is 0 Å². The van der Waals surface area contributed by atoms with E-state index in [1.165, 1.54) is 0 Å². The van der Waals surface area contributed by atoms with Gasteiger partial charge in [0.15, 0.2) is 11.5 Å². The van der Waals surface area contributed by atoms with Gasteiger partial charge in [-0.1, -0.05) is 6.07 Å². The zero-order valence-corrected chi connectivity index (χ0v) is 17.5. The molecule has 2 aromatic carbocycles. The van der Waals surface area contributed by atoms with Gasteiger partial charge in [0, 0.05) is 23.2 Å². The molecule has 0 atom stereocenters. The number of amides is 1. The first-order valence-electron chi connectivity index (χ1n) is 9.22. The highest BCUT2D eigenvalue weighted by Gasteiger charge is 2.08. The molecule has 1 aromatic heterocycles. The Labute approximate surface area is 174 Å². The molecule has 0 spiro atoms.